The molecule has 0 aliphatic carbocycles. The number of carbonyl (C=O) groups excluding carboxylic acids is 1. The molecule has 1 fully saturated rings. The van der Waals surface area contributed by atoms with Crippen LogP contribution in [0, 0.1) is 5.92 Å². The van der Waals surface area contributed by atoms with E-state index < -0.39 is 0 Å². The van der Waals surface area contributed by atoms with Crippen LogP contribution < -0.4 is 5.32 Å². The molecule has 2 rings (SSSR count). The lowest BCUT2D eigenvalue weighted by atomic mass is 9.97. The average Bonchev–Trinajstić information content (AvgIpc) is 2.89. The van der Waals surface area contributed by atoms with Gasteiger partial charge in [-0.05, 0) is 51.5 Å². The number of ether oxygens (including phenoxy) is 1. The predicted octanol–water partition coefficient (Wildman–Crippen LogP) is 1.50. The Labute approximate surface area is 113 Å². The van der Waals surface area contributed by atoms with Gasteiger partial charge in [-0.15, -0.1) is 0 Å². The van der Waals surface area contributed by atoms with Gasteiger partial charge in [-0.25, -0.2) is 4.79 Å². The lowest BCUT2D eigenvalue weighted by Crippen LogP contribution is -2.34. The van der Waals surface area contributed by atoms with Crippen molar-refractivity contribution in [3.8, 4) is 0 Å². The van der Waals surface area contributed by atoms with E-state index in [0.717, 1.165) is 18.2 Å². The quantitative estimate of drug-likeness (QED) is 0.818. The molecule has 0 atom stereocenters. The first-order chi connectivity index (χ1) is 9.19. The Morgan fingerprint density at radius 3 is 2.95 bits per heavy atom. The van der Waals surface area contributed by atoms with E-state index in [1.54, 1.807) is 6.07 Å². The van der Waals surface area contributed by atoms with Gasteiger partial charge >= 0.3 is 5.97 Å². The summed E-state index contributed by atoms with van der Waals surface area (Å²) in [5, 5.41) is 3.39. The highest BCUT2D eigenvalue weighted by molar-refractivity contribution is 5.88. The van der Waals surface area contributed by atoms with Crippen LogP contribution in [0.25, 0.3) is 0 Å². The topological polar surface area (TPSA) is 54.7 Å². The Bertz CT molecular complexity index is 409. The van der Waals surface area contributed by atoms with Gasteiger partial charge in [0.1, 0.15) is 12.0 Å². The molecule has 1 aromatic heterocycles. The van der Waals surface area contributed by atoms with Crippen molar-refractivity contribution in [1.29, 1.82) is 0 Å². The van der Waals surface area contributed by atoms with E-state index in [2.05, 4.69) is 22.0 Å². The van der Waals surface area contributed by atoms with E-state index >= 15 is 0 Å². The van der Waals surface area contributed by atoms with E-state index in [1.165, 1.54) is 39.3 Å². The molecule has 106 valence electrons. The van der Waals surface area contributed by atoms with Gasteiger partial charge in [0.05, 0.1) is 19.2 Å². The van der Waals surface area contributed by atoms with Crippen LogP contribution >= 0.6 is 0 Å². The van der Waals surface area contributed by atoms with E-state index in [9.17, 15) is 4.79 Å². The van der Waals surface area contributed by atoms with Gasteiger partial charge in [-0.2, -0.15) is 0 Å². The first-order valence-electron chi connectivity index (χ1n) is 6.74. The zero-order valence-electron chi connectivity index (χ0n) is 11.6. The Balaban J connectivity index is 1.71. The van der Waals surface area contributed by atoms with Gasteiger partial charge < -0.3 is 19.4 Å². The van der Waals surface area contributed by atoms with Crippen LogP contribution in [-0.4, -0.2) is 44.7 Å². The molecule has 19 heavy (non-hydrogen) atoms. The Hall–Kier alpha value is -1.33. The summed E-state index contributed by atoms with van der Waals surface area (Å²) in [6, 6.07) is 1.73. The minimum Gasteiger partial charge on any atom is -0.467 e. The molecular formula is C14H22N2O3. The number of likely N-dealkylation sites (tertiary alicyclic amines) is 1. The van der Waals surface area contributed by atoms with Gasteiger partial charge in [0.25, 0.3) is 0 Å². The lowest BCUT2D eigenvalue weighted by molar-refractivity contribution is 0.0600. The maximum Gasteiger partial charge on any atom is 0.341 e. The zero-order chi connectivity index (χ0) is 13.7. The van der Waals surface area contributed by atoms with Gasteiger partial charge in [0, 0.05) is 0 Å². The average molecular weight is 266 g/mol. The zero-order valence-corrected chi connectivity index (χ0v) is 11.6. The van der Waals surface area contributed by atoms with Crippen LogP contribution in [0.3, 0.4) is 0 Å². The van der Waals surface area contributed by atoms with Crippen LogP contribution in [0.2, 0.25) is 0 Å². The first-order valence-corrected chi connectivity index (χ1v) is 6.74. The van der Waals surface area contributed by atoms with Crippen LogP contribution in [0.5, 0.6) is 0 Å². The maximum absolute atomic E-state index is 11.3. The number of rotatable bonds is 5. The van der Waals surface area contributed by atoms with E-state index in [4.69, 9.17) is 4.42 Å². The van der Waals surface area contributed by atoms with E-state index in [-0.39, 0.29) is 5.97 Å². The number of methoxy groups -OCH3 is 1. The van der Waals surface area contributed by atoms with Crippen LogP contribution in [0.4, 0.5) is 0 Å². The van der Waals surface area contributed by atoms with Crippen molar-refractivity contribution in [3.05, 3.63) is 23.7 Å². The number of furan rings is 1. The third-order valence-corrected chi connectivity index (χ3v) is 3.65. The summed E-state index contributed by atoms with van der Waals surface area (Å²) in [4.78, 5) is 13.6. The van der Waals surface area contributed by atoms with Crippen molar-refractivity contribution in [1.82, 2.24) is 10.2 Å². The fourth-order valence-corrected chi connectivity index (χ4v) is 2.36. The summed E-state index contributed by atoms with van der Waals surface area (Å²) < 4.78 is 9.96. The Morgan fingerprint density at radius 1 is 1.53 bits per heavy atom. The van der Waals surface area contributed by atoms with Gasteiger partial charge in [-0.1, -0.05) is 0 Å². The number of hydrogen-bond acceptors (Lipinski definition) is 5. The molecule has 5 nitrogen and oxygen atoms in total. The van der Waals surface area contributed by atoms with Gasteiger partial charge in [-0.3, -0.25) is 0 Å². The molecule has 0 bridgehead atoms. The highest BCUT2D eigenvalue weighted by Crippen LogP contribution is 2.15. The second-order valence-electron chi connectivity index (χ2n) is 5.17. The van der Waals surface area contributed by atoms with E-state index in [1.807, 2.05) is 0 Å². The number of nitrogens with zero attached hydrogens (tertiary/aromatic N) is 1. The number of nitrogens with one attached hydrogen (secondary N) is 1. The largest absolute Gasteiger partial charge is 0.467 e. The number of esters is 1. The Morgan fingerprint density at radius 2 is 2.26 bits per heavy atom. The van der Waals surface area contributed by atoms with Crippen molar-refractivity contribution in [2.45, 2.75) is 19.4 Å². The summed E-state index contributed by atoms with van der Waals surface area (Å²) in [6.07, 6.45) is 3.93. The third-order valence-electron chi connectivity index (χ3n) is 3.65. The molecule has 0 radical (unpaired) electrons. The second kappa shape index (κ2) is 6.73. The standard InChI is InChI=1S/C14H22N2O3/c1-16-5-3-11(4-6-16)8-15-9-13-7-12(10-19-13)14(17)18-2/h7,10-11,15H,3-6,8-9H2,1-2H3. The third kappa shape index (κ3) is 4.08. The fourth-order valence-electron chi connectivity index (χ4n) is 2.36. The minimum atomic E-state index is -0.356. The molecule has 0 aromatic carbocycles. The number of hydrogen-bond donors (Lipinski definition) is 1. The predicted molar refractivity (Wildman–Crippen MR) is 72.0 cm³/mol. The molecule has 5 heteroatoms. The smallest absolute Gasteiger partial charge is 0.341 e. The molecular weight excluding hydrogens is 244 g/mol. The van der Waals surface area contributed by atoms with Crippen molar-refractivity contribution >= 4 is 5.97 Å². The molecule has 0 amide bonds. The van der Waals surface area contributed by atoms with Crippen LogP contribution in [0.1, 0.15) is 29.0 Å². The van der Waals surface area contributed by atoms with Crippen molar-refractivity contribution < 1.29 is 13.9 Å². The monoisotopic (exact) mass is 266 g/mol. The summed E-state index contributed by atoms with van der Waals surface area (Å²) in [7, 11) is 3.54. The molecule has 2 heterocycles. The number of piperidine rings is 1. The molecule has 0 spiro atoms. The lowest BCUT2D eigenvalue weighted by Gasteiger charge is -2.28. The summed E-state index contributed by atoms with van der Waals surface area (Å²) in [5.41, 5.74) is 0.471. The normalized spacial score (nSPS) is 17.6. The maximum atomic E-state index is 11.3. The first kappa shape index (κ1) is 14.1. The van der Waals surface area contributed by atoms with Crippen molar-refractivity contribution in [3.63, 3.8) is 0 Å². The molecule has 1 aliphatic rings. The van der Waals surface area contributed by atoms with Crippen LogP contribution in [-0.2, 0) is 11.3 Å². The summed E-state index contributed by atoms with van der Waals surface area (Å²) in [6.45, 7) is 4.02. The molecule has 0 unspecified atom stereocenters. The minimum absolute atomic E-state index is 0.356. The highest BCUT2D eigenvalue weighted by atomic mass is 16.5. The van der Waals surface area contributed by atoms with Gasteiger partial charge in [0.2, 0.25) is 0 Å². The SMILES string of the molecule is COC(=O)c1coc(CNCC2CCN(C)CC2)c1. The van der Waals surface area contributed by atoms with E-state index in [0.29, 0.717) is 12.1 Å². The van der Waals surface area contributed by atoms with Crippen molar-refractivity contribution in [2.24, 2.45) is 5.92 Å². The van der Waals surface area contributed by atoms with Crippen molar-refractivity contribution in [2.75, 3.05) is 33.8 Å². The summed E-state index contributed by atoms with van der Waals surface area (Å²) >= 11 is 0. The highest BCUT2D eigenvalue weighted by Gasteiger charge is 2.16. The molecule has 1 aliphatic heterocycles. The molecule has 0 saturated carbocycles. The molecule has 1 aromatic rings. The summed E-state index contributed by atoms with van der Waals surface area (Å²) in [5.74, 6) is 1.16. The number of carbonyl (C=O) groups is 1. The fraction of sp³-hybridized carbons (Fsp3) is 0.643. The van der Waals surface area contributed by atoms with Crippen LogP contribution in [0.15, 0.2) is 16.7 Å². The second-order valence-corrected chi connectivity index (χ2v) is 5.17. The Kier molecular flexibility index (Phi) is 4.99. The van der Waals surface area contributed by atoms with Gasteiger partial charge in [0.15, 0.2) is 0 Å². The molecule has 1 saturated heterocycles. The molecule has 1 N–H and O–H groups in total.